The number of amides is 1. The highest BCUT2D eigenvalue weighted by atomic mass is 32.2. The Labute approximate surface area is 151 Å². The van der Waals surface area contributed by atoms with Crippen LogP contribution < -0.4 is 5.73 Å². The maximum absolute atomic E-state index is 12.5. The number of carbonyl (C=O) groups is 2. The van der Waals surface area contributed by atoms with Crippen LogP contribution in [-0.2, 0) is 19.4 Å². The first-order valence-electron chi connectivity index (χ1n) is 7.99. The average Bonchev–Trinajstić information content (AvgIpc) is 3.04. The second-order valence-electron chi connectivity index (χ2n) is 6.58. The number of carbonyl (C=O) groups excluding carboxylic acids is 2. The third-order valence-corrected chi connectivity index (χ3v) is 6.47. The maximum Gasteiger partial charge on any atom is 0.343 e. The zero-order valence-corrected chi connectivity index (χ0v) is 16.2. The van der Waals surface area contributed by atoms with Gasteiger partial charge in [0.05, 0.1) is 17.2 Å². The first-order chi connectivity index (χ1) is 11.6. The van der Waals surface area contributed by atoms with E-state index in [2.05, 4.69) is 4.37 Å². The normalized spacial score (nSPS) is 19.1. The van der Waals surface area contributed by atoms with Crippen LogP contribution in [0.25, 0.3) is 0 Å². The average molecular weight is 389 g/mol. The number of aryl methyl sites for hydroxylation is 1. The minimum Gasteiger partial charge on any atom is -0.452 e. The highest BCUT2D eigenvalue weighted by Crippen LogP contribution is 2.22. The molecule has 25 heavy (non-hydrogen) atoms. The van der Waals surface area contributed by atoms with Crippen molar-refractivity contribution in [3.8, 4) is 0 Å². The number of hydrogen-bond acceptors (Lipinski definition) is 8. The molecule has 1 amide bonds. The minimum absolute atomic E-state index is 0.0418. The molecular formula is C15H23N3O5S2. The van der Waals surface area contributed by atoms with Gasteiger partial charge < -0.3 is 15.4 Å². The van der Waals surface area contributed by atoms with Gasteiger partial charge in [-0.3, -0.25) is 4.79 Å². The lowest BCUT2D eigenvalue weighted by atomic mass is 10.1. The molecule has 1 aliphatic heterocycles. The van der Waals surface area contributed by atoms with Crippen LogP contribution in [0.3, 0.4) is 0 Å². The second-order valence-corrected chi connectivity index (χ2v) is 9.61. The van der Waals surface area contributed by atoms with Gasteiger partial charge in [0.1, 0.15) is 10.6 Å². The van der Waals surface area contributed by atoms with Gasteiger partial charge in [-0.2, -0.15) is 4.37 Å². The monoisotopic (exact) mass is 389 g/mol. The molecule has 0 bridgehead atoms. The molecule has 2 N–H and O–H groups in total. The van der Waals surface area contributed by atoms with Gasteiger partial charge in [0.25, 0.3) is 5.91 Å². The SMILES string of the molecule is Cc1nsc(N)c1C(=O)OCC(=O)N(CC(C)C)[C@H]1CCS(=O)(=O)C1. The van der Waals surface area contributed by atoms with Crippen LogP contribution in [0.4, 0.5) is 5.00 Å². The summed E-state index contributed by atoms with van der Waals surface area (Å²) in [6, 6.07) is -0.367. The molecular weight excluding hydrogens is 366 g/mol. The molecule has 2 rings (SSSR count). The fourth-order valence-corrected chi connectivity index (χ4v) is 5.17. The number of ether oxygens (including phenoxy) is 1. The van der Waals surface area contributed by atoms with Crippen molar-refractivity contribution in [2.45, 2.75) is 33.2 Å². The van der Waals surface area contributed by atoms with E-state index in [9.17, 15) is 18.0 Å². The van der Waals surface area contributed by atoms with Gasteiger partial charge in [0.15, 0.2) is 16.4 Å². The topological polar surface area (TPSA) is 120 Å². The number of rotatable bonds is 6. The smallest absolute Gasteiger partial charge is 0.343 e. The Kier molecular flexibility index (Phi) is 6.04. The van der Waals surface area contributed by atoms with Gasteiger partial charge in [-0.1, -0.05) is 13.8 Å². The van der Waals surface area contributed by atoms with Crippen LogP contribution in [0.1, 0.15) is 36.3 Å². The van der Waals surface area contributed by atoms with Crippen molar-refractivity contribution in [2.75, 3.05) is 30.4 Å². The van der Waals surface area contributed by atoms with E-state index in [1.54, 1.807) is 6.92 Å². The van der Waals surface area contributed by atoms with Crippen LogP contribution in [-0.4, -0.2) is 60.3 Å². The minimum atomic E-state index is -3.11. The van der Waals surface area contributed by atoms with E-state index < -0.39 is 28.3 Å². The predicted octanol–water partition coefficient (Wildman–Crippen LogP) is 0.862. The van der Waals surface area contributed by atoms with E-state index in [-0.39, 0.29) is 34.0 Å². The summed E-state index contributed by atoms with van der Waals surface area (Å²) >= 11 is 0.993. The molecule has 8 nitrogen and oxygen atoms in total. The molecule has 0 unspecified atom stereocenters. The molecule has 1 fully saturated rings. The van der Waals surface area contributed by atoms with Crippen molar-refractivity contribution >= 4 is 38.2 Å². The summed E-state index contributed by atoms with van der Waals surface area (Å²) in [7, 11) is -3.11. The Morgan fingerprint density at radius 2 is 2.12 bits per heavy atom. The van der Waals surface area contributed by atoms with Crippen molar-refractivity contribution in [3.05, 3.63) is 11.3 Å². The molecule has 0 spiro atoms. The Bertz CT molecular complexity index is 738. The Morgan fingerprint density at radius 1 is 1.44 bits per heavy atom. The molecule has 1 aliphatic rings. The van der Waals surface area contributed by atoms with Crippen LogP contribution in [0.5, 0.6) is 0 Å². The summed E-state index contributed by atoms with van der Waals surface area (Å²) in [5, 5.41) is 0.246. The zero-order valence-electron chi connectivity index (χ0n) is 14.5. The largest absolute Gasteiger partial charge is 0.452 e. The van der Waals surface area contributed by atoms with E-state index in [1.165, 1.54) is 4.90 Å². The second kappa shape index (κ2) is 7.69. The van der Waals surface area contributed by atoms with Gasteiger partial charge in [-0.25, -0.2) is 13.2 Å². The molecule has 0 radical (unpaired) electrons. The summed E-state index contributed by atoms with van der Waals surface area (Å²) in [4.78, 5) is 26.2. The van der Waals surface area contributed by atoms with E-state index in [4.69, 9.17) is 10.5 Å². The maximum atomic E-state index is 12.5. The summed E-state index contributed by atoms with van der Waals surface area (Å²) in [5.41, 5.74) is 6.33. The summed E-state index contributed by atoms with van der Waals surface area (Å²) in [6.07, 6.45) is 0.412. The molecule has 0 aliphatic carbocycles. The van der Waals surface area contributed by atoms with E-state index in [0.29, 0.717) is 18.7 Å². The Balaban J connectivity index is 2.03. The fraction of sp³-hybridized carbons (Fsp3) is 0.667. The molecule has 0 aromatic carbocycles. The number of esters is 1. The molecule has 2 heterocycles. The van der Waals surface area contributed by atoms with Crippen LogP contribution in [0.15, 0.2) is 0 Å². The number of anilines is 1. The van der Waals surface area contributed by atoms with Gasteiger partial charge >= 0.3 is 5.97 Å². The number of hydrogen-bond donors (Lipinski definition) is 1. The number of aromatic nitrogens is 1. The third kappa shape index (κ3) is 4.91. The molecule has 10 heteroatoms. The van der Waals surface area contributed by atoms with Crippen molar-refractivity contribution < 1.29 is 22.7 Å². The fourth-order valence-electron chi connectivity index (χ4n) is 2.79. The summed E-state index contributed by atoms with van der Waals surface area (Å²) < 4.78 is 32.5. The number of nitrogen functional groups attached to an aromatic ring is 1. The van der Waals surface area contributed by atoms with Gasteiger partial charge in [0, 0.05) is 12.6 Å². The summed E-state index contributed by atoms with van der Waals surface area (Å²) in [5.74, 6) is -0.888. The molecule has 140 valence electrons. The molecule has 1 aromatic heterocycles. The standard InChI is InChI=1S/C15H23N3O5S2/c1-9(2)6-18(11-4-5-25(21,22)8-11)12(19)7-23-15(20)13-10(3)17-24-14(13)16/h9,11H,4-8,16H2,1-3H3/t11-/m0/s1. The number of nitrogens with two attached hydrogens (primary N) is 1. The highest BCUT2D eigenvalue weighted by molar-refractivity contribution is 7.91. The highest BCUT2D eigenvalue weighted by Gasteiger charge is 2.35. The zero-order chi connectivity index (χ0) is 18.8. The molecule has 1 saturated heterocycles. The van der Waals surface area contributed by atoms with E-state index >= 15 is 0 Å². The van der Waals surface area contributed by atoms with Crippen molar-refractivity contribution in [2.24, 2.45) is 5.92 Å². The van der Waals surface area contributed by atoms with Crippen molar-refractivity contribution in [3.63, 3.8) is 0 Å². The lowest BCUT2D eigenvalue weighted by Gasteiger charge is -2.29. The quantitative estimate of drug-likeness (QED) is 0.717. The third-order valence-electron chi connectivity index (χ3n) is 3.95. The Morgan fingerprint density at radius 3 is 2.60 bits per heavy atom. The van der Waals surface area contributed by atoms with Gasteiger partial charge in [-0.15, -0.1) is 0 Å². The molecule has 0 saturated carbocycles. The first kappa shape index (κ1) is 19.6. The Hall–Kier alpha value is -1.68. The van der Waals surface area contributed by atoms with Gasteiger partial charge in [-0.05, 0) is 30.8 Å². The van der Waals surface area contributed by atoms with E-state index in [0.717, 1.165) is 11.5 Å². The lowest BCUT2D eigenvalue weighted by Crippen LogP contribution is -2.45. The number of nitrogens with zero attached hydrogens (tertiary/aromatic N) is 2. The van der Waals surface area contributed by atoms with Crippen molar-refractivity contribution in [1.29, 1.82) is 0 Å². The van der Waals surface area contributed by atoms with Crippen LogP contribution >= 0.6 is 11.5 Å². The lowest BCUT2D eigenvalue weighted by molar-refractivity contribution is -0.137. The van der Waals surface area contributed by atoms with E-state index in [1.807, 2.05) is 13.8 Å². The van der Waals surface area contributed by atoms with Crippen molar-refractivity contribution in [1.82, 2.24) is 9.27 Å². The van der Waals surface area contributed by atoms with Gasteiger partial charge in [0.2, 0.25) is 0 Å². The predicted molar refractivity (Wildman–Crippen MR) is 95.2 cm³/mol. The summed E-state index contributed by atoms with van der Waals surface area (Å²) in [6.45, 7) is 5.49. The number of sulfone groups is 1. The van der Waals surface area contributed by atoms with Crippen LogP contribution in [0.2, 0.25) is 0 Å². The molecule has 1 aromatic rings. The molecule has 1 atom stereocenters. The first-order valence-corrected chi connectivity index (χ1v) is 10.6. The van der Waals surface area contributed by atoms with Crippen LogP contribution in [0, 0.1) is 12.8 Å².